The van der Waals surface area contributed by atoms with Gasteiger partial charge in [0.05, 0.1) is 13.2 Å². The Hall–Kier alpha value is -2.73. The molecule has 0 fully saturated rings. The molecule has 1 rings (SSSR count). The van der Waals surface area contributed by atoms with Gasteiger partial charge in [-0.3, -0.25) is 9.59 Å². The molecule has 0 saturated carbocycles. The Labute approximate surface area is 152 Å². The Morgan fingerprint density at radius 1 is 1.15 bits per heavy atom. The highest BCUT2D eigenvalue weighted by molar-refractivity contribution is 5.91. The van der Waals surface area contributed by atoms with Gasteiger partial charge < -0.3 is 14.6 Å². The Morgan fingerprint density at radius 3 is 2.54 bits per heavy atom. The lowest BCUT2D eigenvalue weighted by Crippen LogP contribution is -2.07. The van der Waals surface area contributed by atoms with Crippen molar-refractivity contribution in [3.8, 4) is 5.75 Å². The van der Waals surface area contributed by atoms with Gasteiger partial charge in [-0.15, -0.1) is 0 Å². The van der Waals surface area contributed by atoms with Gasteiger partial charge in [0, 0.05) is 6.42 Å². The molecule has 1 aromatic carbocycles. The fraction of sp³-hybridized carbons (Fsp3) is 0.300. The van der Waals surface area contributed by atoms with Crippen molar-refractivity contribution < 1.29 is 28.6 Å². The average molecular weight is 362 g/mol. The maximum absolute atomic E-state index is 12.7. The Balaban J connectivity index is 2.21. The van der Waals surface area contributed by atoms with Gasteiger partial charge in [0.15, 0.2) is 12.4 Å². The van der Waals surface area contributed by atoms with Crippen LogP contribution in [-0.2, 0) is 14.3 Å². The average Bonchev–Trinajstić information content (AvgIpc) is 2.63. The summed E-state index contributed by atoms with van der Waals surface area (Å²) in [5.74, 6) is -0.465. The molecule has 1 aromatic rings. The Bertz CT molecular complexity index is 647. The number of aliphatic hydroxyl groups excluding tert-OH is 1. The molecule has 0 spiro atoms. The maximum Gasteiger partial charge on any atom is 0.305 e. The number of carbonyl (C=O) groups excluding carboxylic acids is 2. The van der Waals surface area contributed by atoms with Crippen molar-refractivity contribution in [3.05, 3.63) is 66.5 Å². The zero-order valence-electron chi connectivity index (χ0n) is 14.6. The van der Waals surface area contributed by atoms with Gasteiger partial charge in [0.2, 0.25) is 0 Å². The standard InChI is InChI=1S/C20H23FO5/c1-25-20(24)10-6-9-17(22)7-4-2-3-5-8-18(23)15-26-19-13-11-16(21)12-14-19/h2-5,7-8,11-14,17,22H,6,9-10,15H2,1H3. The van der Waals surface area contributed by atoms with Crippen LogP contribution in [0.25, 0.3) is 0 Å². The predicted molar refractivity (Wildman–Crippen MR) is 96.2 cm³/mol. The molecule has 1 atom stereocenters. The minimum Gasteiger partial charge on any atom is -0.485 e. The first-order valence-corrected chi connectivity index (χ1v) is 8.19. The van der Waals surface area contributed by atoms with E-state index in [0.717, 1.165) is 0 Å². The number of hydrogen-bond donors (Lipinski definition) is 1. The SMILES string of the molecule is COC(=O)CCCC(O)C=CC=CC=CC(=O)COc1ccc(F)cc1. The third kappa shape index (κ3) is 10.2. The van der Waals surface area contributed by atoms with Gasteiger partial charge >= 0.3 is 5.97 Å². The van der Waals surface area contributed by atoms with Gasteiger partial charge in [-0.1, -0.05) is 30.4 Å². The normalized spacial score (nSPS) is 12.7. The number of ether oxygens (including phenoxy) is 2. The summed E-state index contributed by atoms with van der Waals surface area (Å²) in [5.41, 5.74) is 0. The zero-order chi connectivity index (χ0) is 19.2. The number of methoxy groups -OCH3 is 1. The number of ketones is 1. The van der Waals surface area contributed by atoms with Crippen LogP contribution in [0.2, 0.25) is 0 Å². The second-order valence-electron chi connectivity index (χ2n) is 5.37. The van der Waals surface area contributed by atoms with Crippen molar-refractivity contribution >= 4 is 11.8 Å². The molecule has 0 bridgehead atoms. The topological polar surface area (TPSA) is 72.8 Å². The molecular weight excluding hydrogens is 339 g/mol. The van der Waals surface area contributed by atoms with Crippen LogP contribution < -0.4 is 4.74 Å². The van der Waals surface area contributed by atoms with Gasteiger partial charge in [-0.05, 0) is 43.2 Å². The molecule has 0 aliphatic heterocycles. The summed E-state index contributed by atoms with van der Waals surface area (Å²) in [6.07, 6.45) is 10.2. The van der Waals surface area contributed by atoms with E-state index in [1.54, 1.807) is 30.4 Å². The number of aliphatic hydroxyl groups is 1. The first-order chi connectivity index (χ1) is 12.5. The number of benzene rings is 1. The van der Waals surface area contributed by atoms with E-state index in [1.807, 2.05) is 0 Å². The van der Waals surface area contributed by atoms with Gasteiger partial charge in [-0.2, -0.15) is 0 Å². The summed E-state index contributed by atoms with van der Waals surface area (Å²) in [6, 6.07) is 5.42. The molecule has 140 valence electrons. The number of allylic oxidation sites excluding steroid dienone is 4. The Morgan fingerprint density at radius 2 is 1.85 bits per heavy atom. The van der Waals surface area contributed by atoms with Crippen LogP contribution in [0, 0.1) is 5.82 Å². The molecule has 0 aromatic heterocycles. The summed E-state index contributed by atoms with van der Waals surface area (Å²) in [7, 11) is 1.33. The van der Waals surface area contributed by atoms with E-state index >= 15 is 0 Å². The molecule has 0 aliphatic rings. The van der Waals surface area contributed by atoms with Crippen LogP contribution in [0.5, 0.6) is 5.75 Å². The molecule has 5 nitrogen and oxygen atoms in total. The number of hydrogen-bond acceptors (Lipinski definition) is 5. The predicted octanol–water partition coefficient (Wildman–Crippen LogP) is 3.15. The second-order valence-corrected chi connectivity index (χ2v) is 5.37. The lowest BCUT2D eigenvalue weighted by molar-refractivity contribution is -0.140. The summed E-state index contributed by atoms with van der Waals surface area (Å²) >= 11 is 0. The summed E-state index contributed by atoms with van der Waals surface area (Å²) in [5, 5.41) is 9.69. The largest absolute Gasteiger partial charge is 0.485 e. The molecular formula is C20H23FO5. The summed E-state index contributed by atoms with van der Waals surface area (Å²) in [4.78, 5) is 22.5. The van der Waals surface area contributed by atoms with Crippen LogP contribution in [-0.4, -0.2) is 36.7 Å². The minimum absolute atomic E-state index is 0.134. The van der Waals surface area contributed by atoms with Crippen molar-refractivity contribution in [2.24, 2.45) is 0 Å². The van der Waals surface area contributed by atoms with Crippen molar-refractivity contribution in [2.45, 2.75) is 25.4 Å². The van der Waals surface area contributed by atoms with Crippen molar-refractivity contribution in [1.29, 1.82) is 0 Å². The lowest BCUT2D eigenvalue weighted by Gasteiger charge is -2.03. The smallest absolute Gasteiger partial charge is 0.305 e. The maximum atomic E-state index is 12.7. The van der Waals surface area contributed by atoms with Crippen LogP contribution in [0.3, 0.4) is 0 Å². The molecule has 1 N–H and O–H groups in total. The summed E-state index contributed by atoms with van der Waals surface area (Å²) in [6.45, 7) is -0.134. The second kappa shape index (κ2) is 12.6. The molecule has 0 radical (unpaired) electrons. The fourth-order valence-corrected chi connectivity index (χ4v) is 1.87. The van der Waals surface area contributed by atoms with E-state index in [9.17, 15) is 19.1 Å². The number of carbonyl (C=O) groups is 2. The van der Waals surface area contributed by atoms with E-state index in [2.05, 4.69) is 4.74 Å². The van der Waals surface area contributed by atoms with Crippen LogP contribution >= 0.6 is 0 Å². The van der Waals surface area contributed by atoms with E-state index in [-0.39, 0.29) is 30.6 Å². The monoisotopic (exact) mass is 362 g/mol. The van der Waals surface area contributed by atoms with Crippen molar-refractivity contribution in [3.63, 3.8) is 0 Å². The first-order valence-electron chi connectivity index (χ1n) is 8.19. The number of halogens is 1. The molecule has 0 amide bonds. The zero-order valence-corrected chi connectivity index (χ0v) is 14.6. The molecule has 1 unspecified atom stereocenters. The summed E-state index contributed by atoms with van der Waals surface area (Å²) < 4.78 is 22.5. The first kappa shape index (κ1) is 21.3. The van der Waals surface area contributed by atoms with Gasteiger partial charge in [0.25, 0.3) is 0 Å². The van der Waals surface area contributed by atoms with Gasteiger partial charge in [-0.25, -0.2) is 4.39 Å². The highest BCUT2D eigenvalue weighted by Gasteiger charge is 2.03. The molecule has 6 heteroatoms. The molecule has 0 heterocycles. The van der Waals surface area contributed by atoms with Crippen molar-refractivity contribution in [2.75, 3.05) is 13.7 Å². The molecule has 0 aliphatic carbocycles. The Kier molecular flexibility index (Phi) is 10.3. The quantitative estimate of drug-likeness (QED) is 0.372. The van der Waals surface area contributed by atoms with Crippen LogP contribution in [0.1, 0.15) is 19.3 Å². The minimum atomic E-state index is -0.640. The van der Waals surface area contributed by atoms with Crippen molar-refractivity contribution in [1.82, 2.24) is 0 Å². The molecule has 26 heavy (non-hydrogen) atoms. The fourth-order valence-electron chi connectivity index (χ4n) is 1.87. The molecule has 0 saturated heterocycles. The highest BCUT2D eigenvalue weighted by atomic mass is 19.1. The van der Waals surface area contributed by atoms with E-state index in [1.165, 1.54) is 37.5 Å². The third-order valence-electron chi connectivity index (χ3n) is 3.25. The number of esters is 1. The van der Waals surface area contributed by atoms with Crippen LogP contribution in [0.4, 0.5) is 4.39 Å². The lowest BCUT2D eigenvalue weighted by atomic mass is 10.1. The third-order valence-corrected chi connectivity index (χ3v) is 3.25. The van der Waals surface area contributed by atoms with E-state index in [0.29, 0.717) is 18.6 Å². The van der Waals surface area contributed by atoms with E-state index in [4.69, 9.17) is 4.74 Å². The highest BCUT2D eigenvalue weighted by Crippen LogP contribution is 2.10. The van der Waals surface area contributed by atoms with E-state index < -0.39 is 6.10 Å². The van der Waals surface area contributed by atoms with Crippen LogP contribution in [0.15, 0.2) is 60.7 Å². The number of rotatable bonds is 11. The van der Waals surface area contributed by atoms with Gasteiger partial charge in [0.1, 0.15) is 11.6 Å².